The second-order valence-electron chi connectivity index (χ2n) is 9.03. The zero-order chi connectivity index (χ0) is 26.6. The van der Waals surface area contributed by atoms with Crippen molar-refractivity contribution in [2.24, 2.45) is 19.8 Å². The number of aromatic nitrogens is 6. The van der Waals surface area contributed by atoms with Gasteiger partial charge in [-0.2, -0.15) is 10.2 Å². The van der Waals surface area contributed by atoms with Crippen molar-refractivity contribution in [2.75, 3.05) is 5.32 Å². The summed E-state index contributed by atoms with van der Waals surface area (Å²) in [6.07, 6.45) is 8.85. The lowest BCUT2D eigenvalue weighted by molar-refractivity contribution is -0.116. The second-order valence-corrected chi connectivity index (χ2v) is 9.03. The third-order valence-electron chi connectivity index (χ3n) is 6.18. The van der Waals surface area contributed by atoms with Gasteiger partial charge in [0.25, 0.3) is 0 Å². The van der Waals surface area contributed by atoms with Gasteiger partial charge in [0.15, 0.2) is 5.82 Å². The number of carbonyl (C=O) groups is 2. The summed E-state index contributed by atoms with van der Waals surface area (Å²) < 4.78 is 5.31. The average molecular weight is 509 g/mol. The van der Waals surface area contributed by atoms with Crippen LogP contribution in [0, 0.1) is 0 Å². The normalized spacial score (nSPS) is 11.0. The molecule has 0 fully saturated rings. The summed E-state index contributed by atoms with van der Waals surface area (Å²) in [5.74, 6) is 0.474. The van der Waals surface area contributed by atoms with E-state index < -0.39 is 5.91 Å². The number of amides is 2. The Morgan fingerprint density at radius 3 is 2.47 bits per heavy atom. The monoisotopic (exact) mass is 508 g/mol. The number of hydrogen-bond donors (Lipinski definition) is 2. The Kier molecular flexibility index (Phi) is 6.86. The highest BCUT2D eigenvalue weighted by atomic mass is 16.2. The van der Waals surface area contributed by atoms with E-state index >= 15 is 0 Å². The first-order valence-corrected chi connectivity index (χ1v) is 12.2. The molecule has 10 nitrogen and oxygen atoms in total. The van der Waals surface area contributed by atoms with Gasteiger partial charge in [-0.1, -0.05) is 30.3 Å². The summed E-state index contributed by atoms with van der Waals surface area (Å²) >= 11 is 0. The number of rotatable bonds is 9. The number of primary amides is 1. The fraction of sp³-hybridized carbons (Fsp3) is 0.179. The van der Waals surface area contributed by atoms with E-state index in [1.165, 1.54) is 0 Å². The molecule has 0 aliphatic heterocycles. The molecule has 2 aromatic carbocycles. The SMILES string of the molecule is Cn1cc(-c2cccc(C(N)=O)c2-c2nc(CCCC(=O)Nc3ccn(C)n3)cn2-c2ccccc2)cn1. The molecular formula is C28H28N8O2. The molecule has 0 aliphatic rings. The van der Waals surface area contributed by atoms with Crippen LogP contribution in [-0.4, -0.2) is 40.9 Å². The van der Waals surface area contributed by atoms with Crippen molar-refractivity contribution in [3.05, 3.63) is 90.6 Å². The maximum Gasteiger partial charge on any atom is 0.249 e. The van der Waals surface area contributed by atoms with Crippen LogP contribution in [0.15, 0.2) is 79.4 Å². The Bertz CT molecular complexity index is 1600. The molecule has 2 amide bonds. The second kappa shape index (κ2) is 10.6. The van der Waals surface area contributed by atoms with Gasteiger partial charge < -0.3 is 11.1 Å². The number of anilines is 1. The van der Waals surface area contributed by atoms with Crippen molar-refractivity contribution in [3.63, 3.8) is 0 Å². The Labute approximate surface area is 219 Å². The number of aryl methyl sites for hydroxylation is 3. The number of nitrogens with zero attached hydrogens (tertiary/aromatic N) is 6. The summed E-state index contributed by atoms with van der Waals surface area (Å²) in [4.78, 5) is 29.9. The highest BCUT2D eigenvalue weighted by molar-refractivity contribution is 6.03. The zero-order valence-electron chi connectivity index (χ0n) is 21.2. The lowest BCUT2D eigenvalue weighted by Crippen LogP contribution is -2.14. The Hall–Kier alpha value is -4.99. The van der Waals surface area contributed by atoms with Gasteiger partial charge in [0.2, 0.25) is 11.8 Å². The molecule has 5 aromatic rings. The molecule has 0 saturated carbocycles. The van der Waals surface area contributed by atoms with Crippen LogP contribution in [-0.2, 0) is 25.3 Å². The summed E-state index contributed by atoms with van der Waals surface area (Å²) in [5.41, 5.74) is 10.2. The molecule has 0 unspecified atom stereocenters. The van der Waals surface area contributed by atoms with Gasteiger partial charge in [0, 0.05) is 62.0 Å². The maximum atomic E-state index is 12.6. The number of benzene rings is 2. The molecular weight excluding hydrogens is 480 g/mol. The molecule has 3 heterocycles. The van der Waals surface area contributed by atoms with E-state index in [1.54, 1.807) is 40.9 Å². The number of hydrogen-bond acceptors (Lipinski definition) is 5. The molecule has 0 radical (unpaired) electrons. The first-order chi connectivity index (χ1) is 18.4. The van der Waals surface area contributed by atoms with Gasteiger partial charge in [-0.05, 0) is 36.6 Å². The van der Waals surface area contributed by atoms with Gasteiger partial charge in [0.05, 0.1) is 17.5 Å². The zero-order valence-corrected chi connectivity index (χ0v) is 21.2. The van der Waals surface area contributed by atoms with Crippen LogP contribution in [0.5, 0.6) is 0 Å². The van der Waals surface area contributed by atoms with Crippen molar-refractivity contribution in [1.82, 2.24) is 29.1 Å². The molecule has 3 N–H and O–H groups in total. The van der Waals surface area contributed by atoms with Gasteiger partial charge in [-0.15, -0.1) is 0 Å². The van der Waals surface area contributed by atoms with Crippen LogP contribution in [0.3, 0.4) is 0 Å². The van der Waals surface area contributed by atoms with E-state index in [-0.39, 0.29) is 5.91 Å². The molecule has 0 aliphatic carbocycles. The summed E-state index contributed by atoms with van der Waals surface area (Å²) in [6.45, 7) is 0. The third kappa shape index (κ3) is 5.24. The Morgan fingerprint density at radius 2 is 1.79 bits per heavy atom. The van der Waals surface area contributed by atoms with Crippen LogP contribution in [0.4, 0.5) is 5.82 Å². The van der Waals surface area contributed by atoms with Crippen LogP contribution in [0.2, 0.25) is 0 Å². The lowest BCUT2D eigenvalue weighted by atomic mass is 9.96. The standard InChI is InChI=1S/C28H28N8O2/c1-34-15-14-24(33-34)32-25(37)13-6-8-20-18-36(21-9-4-3-5-10-21)28(31-20)26-22(19-16-30-35(2)17-19)11-7-12-23(26)27(29)38/h3-5,7,9-12,14-18H,6,8,13H2,1-2H3,(H2,29,38)(H,32,33,37). The van der Waals surface area contributed by atoms with Gasteiger partial charge >= 0.3 is 0 Å². The third-order valence-corrected chi connectivity index (χ3v) is 6.18. The first kappa shape index (κ1) is 24.7. The molecule has 0 atom stereocenters. The highest BCUT2D eigenvalue weighted by Gasteiger charge is 2.22. The van der Waals surface area contributed by atoms with Crippen LogP contribution in [0.1, 0.15) is 28.9 Å². The molecule has 0 spiro atoms. The lowest BCUT2D eigenvalue weighted by Gasteiger charge is -2.14. The fourth-order valence-electron chi connectivity index (χ4n) is 4.43. The molecule has 38 heavy (non-hydrogen) atoms. The average Bonchev–Trinajstić information content (AvgIpc) is 3.64. The quantitative estimate of drug-likeness (QED) is 0.314. The number of nitrogens with one attached hydrogen (secondary N) is 1. The molecule has 3 aromatic heterocycles. The largest absolute Gasteiger partial charge is 0.366 e. The molecule has 10 heteroatoms. The van der Waals surface area contributed by atoms with E-state index in [0.29, 0.717) is 42.0 Å². The van der Waals surface area contributed by atoms with E-state index in [9.17, 15) is 9.59 Å². The topological polar surface area (TPSA) is 126 Å². The van der Waals surface area contributed by atoms with E-state index in [2.05, 4.69) is 15.5 Å². The van der Waals surface area contributed by atoms with Crippen LogP contribution >= 0.6 is 0 Å². The number of imidazole rings is 1. The van der Waals surface area contributed by atoms with Gasteiger partial charge in [0.1, 0.15) is 5.82 Å². The van der Waals surface area contributed by atoms with Crippen molar-refractivity contribution in [2.45, 2.75) is 19.3 Å². The van der Waals surface area contributed by atoms with Crippen LogP contribution in [0.25, 0.3) is 28.2 Å². The van der Waals surface area contributed by atoms with E-state index in [0.717, 1.165) is 22.5 Å². The van der Waals surface area contributed by atoms with E-state index in [1.807, 2.05) is 66.5 Å². The van der Waals surface area contributed by atoms with Crippen LogP contribution < -0.4 is 11.1 Å². The Balaban J connectivity index is 1.50. The molecule has 5 rings (SSSR count). The minimum atomic E-state index is -0.541. The number of nitrogens with two attached hydrogens (primary N) is 1. The van der Waals surface area contributed by atoms with Crippen molar-refractivity contribution < 1.29 is 9.59 Å². The summed E-state index contributed by atoms with van der Waals surface area (Å²) in [7, 11) is 3.64. The molecule has 0 saturated heterocycles. The van der Waals surface area contributed by atoms with Gasteiger partial charge in [-0.3, -0.25) is 23.5 Å². The fourth-order valence-corrected chi connectivity index (χ4v) is 4.43. The van der Waals surface area contributed by atoms with Crippen molar-refractivity contribution in [1.29, 1.82) is 0 Å². The highest BCUT2D eigenvalue weighted by Crippen LogP contribution is 2.36. The first-order valence-electron chi connectivity index (χ1n) is 12.2. The minimum absolute atomic E-state index is 0.107. The van der Waals surface area contributed by atoms with Crippen molar-refractivity contribution >= 4 is 17.6 Å². The number of carbonyl (C=O) groups excluding carboxylic acids is 2. The van der Waals surface area contributed by atoms with Gasteiger partial charge in [-0.25, -0.2) is 4.98 Å². The molecule has 192 valence electrons. The number of para-hydroxylation sites is 1. The Morgan fingerprint density at radius 1 is 0.974 bits per heavy atom. The van der Waals surface area contributed by atoms with Crippen molar-refractivity contribution in [3.8, 4) is 28.2 Å². The predicted octanol–water partition coefficient (Wildman–Crippen LogP) is 3.73. The smallest absolute Gasteiger partial charge is 0.249 e. The summed E-state index contributed by atoms with van der Waals surface area (Å²) in [5, 5.41) is 11.3. The predicted molar refractivity (Wildman–Crippen MR) is 144 cm³/mol. The maximum absolute atomic E-state index is 12.6. The minimum Gasteiger partial charge on any atom is -0.366 e. The molecule has 0 bridgehead atoms. The van der Waals surface area contributed by atoms with E-state index in [4.69, 9.17) is 10.7 Å². The summed E-state index contributed by atoms with van der Waals surface area (Å²) in [6, 6.07) is 17.0.